The van der Waals surface area contributed by atoms with Gasteiger partial charge in [0.15, 0.2) is 23.3 Å². The number of anilines is 1. The van der Waals surface area contributed by atoms with Crippen molar-refractivity contribution >= 4 is 45.3 Å². The summed E-state index contributed by atoms with van der Waals surface area (Å²) in [5, 5.41) is 7.43. The van der Waals surface area contributed by atoms with E-state index in [2.05, 4.69) is 15.6 Å². The van der Waals surface area contributed by atoms with Crippen LogP contribution in [-0.4, -0.2) is 60.3 Å². The summed E-state index contributed by atoms with van der Waals surface area (Å²) in [6.07, 6.45) is 1.93. The Balaban J connectivity index is 0.00000433. The van der Waals surface area contributed by atoms with Crippen LogP contribution in [0.2, 0.25) is 0 Å². The minimum Gasteiger partial charge on any atom is -0.451 e. The molecule has 2 aliphatic heterocycles. The van der Waals surface area contributed by atoms with E-state index in [9.17, 15) is 14.4 Å². The summed E-state index contributed by atoms with van der Waals surface area (Å²) in [6, 6.07) is 12.3. The average Bonchev–Trinajstić information content (AvgIpc) is 3.43. The predicted octanol–water partition coefficient (Wildman–Crippen LogP) is 4.52. The number of ether oxygens (including phenoxy) is 2. The summed E-state index contributed by atoms with van der Waals surface area (Å²) in [6.45, 7) is 6.61. The Morgan fingerprint density at radius 3 is 2.57 bits per heavy atom. The van der Waals surface area contributed by atoms with Crippen LogP contribution in [-0.2, 0) is 4.74 Å². The molecule has 0 aliphatic carbocycles. The number of nitrogens with two attached hydrogens (primary N) is 2. The largest absolute Gasteiger partial charge is 0.451 e. The predicted molar refractivity (Wildman–Crippen MR) is 181 cm³/mol. The highest BCUT2D eigenvalue weighted by Gasteiger charge is 2.34. The first-order chi connectivity index (χ1) is 21.9. The molecule has 1 aromatic heterocycles. The lowest BCUT2D eigenvalue weighted by Gasteiger charge is -2.29. The number of rotatable bonds is 7. The number of alkyl carbamates (subject to hydrolysis) is 1. The van der Waals surface area contributed by atoms with E-state index in [1.165, 1.54) is 6.20 Å². The van der Waals surface area contributed by atoms with Crippen LogP contribution in [0.5, 0.6) is 11.5 Å². The zero-order valence-electron chi connectivity index (χ0n) is 25.9. The van der Waals surface area contributed by atoms with Gasteiger partial charge in [-0.2, -0.15) is 0 Å². The van der Waals surface area contributed by atoms with Gasteiger partial charge in [-0.1, -0.05) is 31.7 Å². The second kappa shape index (κ2) is 12.8. The molecule has 12 nitrogen and oxygen atoms in total. The van der Waals surface area contributed by atoms with Gasteiger partial charge in [-0.15, -0.1) is 0 Å². The monoisotopic (exact) mass is 645 g/mol. The summed E-state index contributed by atoms with van der Waals surface area (Å²) in [5.41, 5.74) is 10.4. The first kappa shape index (κ1) is 33.0. The van der Waals surface area contributed by atoms with Crippen molar-refractivity contribution in [1.82, 2.24) is 15.2 Å². The van der Waals surface area contributed by atoms with Crippen LogP contribution in [0.4, 0.5) is 14.9 Å². The van der Waals surface area contributed by atoms with Crippen molar-refractivity contribution in [3.63, 3.8) is 0 Å². The lowest BCUT2D eigenvalue weighted by Crippen LogP contribution is -2.40. The number of nitrogens with one attached hydrogen (secondary N) is 2. The van der Waals surface area contributed by atoms with Crippen LogP contribution in [0, 0.1) is 5.82 Å². The van der Waals surface area contributed by atoms with Gasteiger partial charge < -0.3 is 41.0 Å². The minimum atomic E-state index is -0.678. The van der Waals surface area contributed by atoms with Crippen molar-refractivity contribution in [3.05, 3.63) is 70.3 Å². The summed E-state index contributed by atoms with van der Waals surface area (Å²) in [4.78, 5) is 45.2. The van der Waals surface area contributed by atoms with Crippen molar-refractivity contribution < 1.29 is 23.5 Å². The van der Waals surface area contributed by atoms with Crippen molar-refractivity contribution in [1.29, 1.82) is 0 Å². The Morgan fingerprint density at radius 1 is 1.15 bits per heavy atom. The lowest BCUT2D eigenvalue weighted by molar-refractivity contribution is 0.0508. The van der Waals surface area contributed by atoms with E-state index < -0.39 is 28.8 Å². The van der Waals surface area contributed by atoms with Gasteiger partial charge in [0.25, 0.3) is 5.91 Å². The first-order valence-electron chi connectivity index (χ1n) is 15.1. The molecule has 6 rings (SSSR count). The maximum atomic E-state index is 16.2. The van der Waals surface area contributed by atoms with E-state index in [0.717, 1.165) is 16.8 Å². The van der Waals surface area contributed by atoms with Gasteiger partial charge in [-0.3, -0.25) is 14.6 Å². The van der Waals surface area contributed by atoms with Crippen LogP contribution in [0.15, 0.2) is 58.4 Å². The zero-order chi connectivity index (χ0) is 32.7. The number of benzene rings is 3. The number of aliphatic imine (C=N–C) groups is 1. The summed E-state index contributed by atoms with van der Waals surface area (Å²) in [7, 11) is 0. The maximum Gasteiger partial charge on any atom is 0.407 e. The number of fused-ring (bicyclic) bond motifs is 3. The van der Waals surface area contributed by atoms with E-state index in [1.807, 2.05) is 36.4 Å². The zero-order valence-corrected chi connectivity index (χ0v) is 25.9. The SMILES string of the molecule is C.CC(C)(C)OC(=O)N[C@@H]1CCN(c2c(F)cc3c(=O)c(C(=O)NCCCN=C(N)N)cn4c3c2Oc2cc3ccccc3cc2-4)C1. The van der Waals surface area contributed by atoms with Gasteiger partial charge in [0.05, 0.1) is 17.1 Å². The third-order valence-electron chi connectivity index (χ3n) is 7.85. The number of carbonyl (C=O) groups is 2. The van der Waals surface area contributed by atoms with E-state index >= 15 is 4.39 Å². The Labute approximate surface area is 271 Å². The molecule has 13 heteroatoms. The number of amides is 2. The fourth-order valence-corrected chi connectivity index (χ4v) is 5.89. The molecule has 2 amide bonds. The Bertz CT molecular complexity index is 1960. The van der Waals surface area contributed by atoms with Gasteiger partial charge in [0.2, 0.25) is 5.43 Å². The van der Waals surface area contributed by atoms with E-state index in [-0.39, 0.29) is 48.4 Å². The molecule has 47 heavy (non-hydrogen) atoms. The van der Waals surface area contributed by atoms with Gasteiger partial charge in [0.1, 0.15) is 22.4 Å². The second-order valence-electron chi connectivity index (χ2n) is 12.4. The molecule has 3 aromatic carbocycles. The molecule has 1 saturated heterocycles. The molecule has 0 saturated carbocycles. The van der Waals surface area contributed by atoms with Crippen molar-refractivity contribution in [2.24, 2.45) is 16.5 Å². The molecule has 6 N–H and O–H groups in total. The average molecular weight is 646 g/mol. The van der Waals surface area contributed by atoms with E-state index in [0.29, 0.717) is 49.4 Å². The van der Waals surface area contributed by atoms with Gasteiger partial charge in [0, 0.05) is 32.4 Å². The summed E-state index contributed by atoms with van der Waals surface area (Å²) < 4.78 is 29.7. The molecule has 3 heterocycles. The molecule has 1 fully saturated rings. The number of aromatic nitrogens is 1. The van der Waals surface area contributed by atoms with Crippen LogP contribution in [0.3, 0.4) is 0 Å². The number of pyridine rings is 1. The molecule has 0 bridgehead atoms. The van der Waals surface area contributed by atoms with Crippen molar-refractivity contribution in [2.45, 2.75) is 52.7 Å². The maximum absolute atomic E-state index is 16.2. The fraction of sp³-hybridized carbons (Fsp3) is 0.353. The van der Waals surface area contributed by atoms with Crippen LogP contribution >= 0.6 is 0 Å². The number of hydrogen-bond donors (Lipinski definition) is 4. The first-order valence-corrected chi connectivity index (χ1v) is 15.1. The molecule has 248 valence electrons. The second-order valence-corrected chi connectivity index (χ2v) is 12.4. The third-order valence-corrected chi connectivity index (χ3v) is 7.85. The number of nitrogens with zero attached hydrogens (tertiary/aromatic N) is 3. The van der Waals surface area contributed by atoms with E-state index in [4.69, 9.17) is 20.9 Å². The van der Waals surface area contributed by atoms with E-state index in [1.54, 1.807) is 30.2 Å². The molecule has 2 aliphatic rings. The van der Waals surface area contributed by atoms with Gasteiger partial charge in [-0.05, 0) is 62.6 Å². The van der Waals surface area contributed by atoms with Gasteiger partial charge >= 0.3 is 6.09 Å². The molecule has 0 unspecified atom stereocenters. The van der Waals surface area contributed by atoms with Crippen LogP contribution in [0.25, 0.3) is 27.4 Å². The molecule has 4 aromatic rings. The van der Waals surface area contributed by atoms with Crippen LogP contribution in [0.1, 0.15) is 51.4 Å². The molecular weight excluding hydrogens is 605 g/mol. The third kappa shape index (κ3) is 6.64. The smallest absolute Gasteiger partial charge is 0.407 e. The quantitative estimate of drug-likeness (QED) is 0.114. The standard InChI is InChI=1S/C33H36FN7O5.CH4/c1-33(2,3)46-32(44)39-20-9-12-40(16-20)27-23(34)15-21-26-29(27)45-25-14-19-8-5-4-7-18(19)13-24(25)41(26)17-22(28(21)42)30(43)37-10-6-11-38-31(35)36;/h4-5,7-8,13-15,17,20H,6,9-12,16H2,1-3H3,(H,37,43)(H,39,44)(H4,35,36,38);1H4/t20-;/m1./s1. The minimum absolute atomic E-state index is 0. The van der Waals surface area contributed by atoms with Gasteiger partial charge in [-0.25, -0.2) is 9.18 Å². The Morgan fingerprint density at radius 2 is 1.87 bits per heavy atom. The number of halogens is 1. The highest BCUT2D eigenvalue weighted by molar-refractivity contribution is 6.02. The normalized spacial score (nSPS) is 15.0. The summed E-state index contributed by atoms with van der Waals surface area (Å²) in [5.74, 6) is -0.724. The van der Waals surface area contributed by atoms with Crippen molar-refractivity contribution in [3.8, 4) is 17.2 Å². The van der Waals surface area contributed by atoms with Crippen molar-refractivity contribution in [2.75, 3.05) is 31.1 Å². The molecular formula is C34H40FN7O5. The molecule has 0 spiro atoms. The summed E-state index contributed by atoms with van der Waals surface area (Å²) >= 11 is 0. The fourth-order valence-electron chi connectivity index (χ4n) is 5.89. The highest BCUT2D eigenvalue weighted by Crippen LogP contribution is 2.48. The highest BCUT2D eigenvalue weighted by atomic mass is 19.1. The van der Waals surface area contributed by atoms with Crippen LogP contribution < -0.4 is 37.2 Å². The molecule has 0 radical (unpaired) electrons. The number of carbonyl (C=O) groups excluding carboxylic acids is 2. The lowest BCUT2D eigenvalue weighted by atomic mass is 10.0. The Kier molecular flexibility index (Phi) is 9.01. The number of guanidine groups is 1. The molecule has 1 atom stereocenters. The topological polar surface area (TPSA) is 166 Å². The Hall–Kier alpha value is -5.33. The number of hydrogen-bond acceptors (Lipinski definition) is 7.